The molecule has 0 saturated heterocycles. The van der Waals surface area contributed by atoms with Gasteiger partial charge >= 0.3 is 0 Å². The molecule has 0 bridgehead atoms. The van der Waals surface area contributed by atoms with E-state index in [2.05, 4.69) is 17.2 Å². The average Bonchev–Trinajstić information content (AvgIpc) is 2.92. The zero-order valence-corrected chi connectivity index (χ0v) is 11.5. The quantitative estimate of drug-likeness (QED) is 0.850. The van der Waals surface area contributed by atoms with Crippen molar-refractivity contribution >= 4 is 17.2 Å². The first-order valence-corrected chi connectivity index (χ1v) is 6.87. The van der Waals surface area contributed by atoms with Crippen LogP contribution in [-0.2, 0) is 6.54 Å². The number of hydrogen-bond acceptors (Lipinski definition) is 3. The largest absolute Gasteiger partial charge is 0.347 e. The lowest BCUT2D eigenvalue weighted by atomic mass is 10.2. The van der Waals surface area contributed by atoms with Gasteiger partial charge < -0.3 is 11.1 Å². The fourth-order valence-electron chi connectivity index (χ4n) is 1.59. The molecule has 3 nitrogen and oxygen atoms in total. The highest BCUT2D eigenvalue weighted by Crippen LogP contribution is 2.15. The van der Waals surface area contributed by atoms with Gasteiger partial charge in [-0.25, -0.2) is 4.39 Å². The van der Waals surface area contributed by atoms with E-state index in [1.807, 2.05) is 5.38 Å². The number of benzene rings is 1. The van der Waals surface area contributed by atoms with Gasteiger partial charge in [-0.15, -0.1) is 11.3 Å². The van der Waals surface area contributed by atoms with E-state index in [4.69, 9.17) is 5.73 Å². The van der Waals surface area contributed by atoms with Gasteiger partial charge in [0.25, 0.3) is 5.91 Å². The van der Waals surface area contributed by atoms with Gasteiger partial charge in [0.15, 0.2) is 0 Å². The summed E-state index contributed by atoms with van der Waals surface area (Å²) in [6.07, 6.45) is 0. The van der Waals surface area contributed by atoms with Crippen molar-refractivity contribution in [1.82, 2.24) is 5.32 Å². The molecule has 20 heavy (non-hydrogen) atoms. The van der Waals surface area contributed by atoms with Crippen LogP contribution >= 0.6 is 11.3 Å². The van der Waals surface area contributed by atoms with Gasteiger partial charge in [-0.05, 0) is 29.1 Å². The first-order chi connectivity index (χ1) is 9.70. The number of hydrogen-bond donors (Lipinski definition) is 2. The van der Waals surface area contributed by atoms with E-state index in [1.54, 1.807) is 18.2 Å². The normalized spacial score (nSPS) is 9.70. The topological polar surface area (TPSA) is 55.1 Å². The predicted octanol–water partition coefficient (Wildman–Crippen LogP) is 2.13. The third-order valence-corrected chi connectivity index (χ3v) is 3.48. The van der Waals surface area contributed by atoms with Crippen LogP contribution in [0, 0.1) is 17.7 Å². The molecule has 1 aromatic carbocycles. The minimum absolute atomic E-state index is 0.189. The van der Waals surface area contributed by atoms with Gasteiger partial charge in [-0.3, -0.25) is 4.79 Å². The molecule has 0 unspecified atom stereocenters. The van der Waals surface area contributed by atoms with E-state index in [-0.39, 0.29) is 18.3 Å². The van der Waals surface area contributed by atoms with Crippen molar-refractivity contribution in [1.29, 1.82) is 0 Å². The van der Waals surface area contributed by atoms with Crippen LogP contribution < -0.4 is 11.1 Å². The maximum Gasteiger partial charge on any atom is 0.262 e. The van der Waals surface area contributed by atoms with Crippen molar-refractivity contribution in [3.8, 4) is 11.8 Å². The Morgan fingerprint density at radius 3 is 2.75 bits per heavy atom. The number of carbonyl (C=O) groups excluding carboxylic acids is 1. The molecule has 2 aromatic rings. The molecule has 1 aromatic heterocycles. The van der Waals surface area contributed by atoms with Crippen molar-refractivity contribution in [3.05, 3.63) is 57.5 Å². The highest BCUT2D eigenvalue weighted by Gasteiger charge is 2.11. The summed E-state index contributed by atoms with van der Waals surface area (Å²) in [5.41, 5.74) is 6.83. The van der Waals surface area contributed by atoms with Crippen LogP contribution in [0.5, 0.6) is 0 Å². The molecular weight excluding hydrogens is 275 g/mol. The summed E-state index contributed by atoms with van der Waals surface area (Å²) in [4.78, 5) is 12.6. The number of amides is 1. The third-order valence-electron chi connectivity index (χ3n) is 2.56. The van der Waals surface area contributed by atoms with Crippen molar-refractivity contribution in [2.45, 2.75) is 6.54 Å². The monoisotopic (exact) mass is 288 g/mol. The highest BCUT2D eigenvalue weighted by atomic mass is 32.1. The lowest BCUT2D eigenvalue weighted by Crippen LogP contribution is -2.22. The van der Waals surface area contributed by atoms with Gasteiger partial charge in [0.1, 0.15) is 10.7 Å². The molecule has 1 heterocycles. The Hall–Kier alpha value is -2.16. The van der Waals surface area contributed by atoms with Crippen LogP contribution in [0.15, 0.2) is 35.7 Å². The van der Waals surface area contributed by atoms with Crippen LogP contribution in [0.3, 0.4) is 0 Å². The van der Waals surface area contributed by atoms with Crippen molar-refractivity contribution in [2.75, 3.05) is 6.54 Å². The van der Waals surface area contributed by atoms with Gasteiger partial charge in [0, 0.05) is 12.1 Å². The Kier molecular flexibility index (Phi) is 4.88. The summed E-state index contributed by atoms with van der Waals surface area (Å²) >= 11 is 1.33. The van der Waals surface area contributed by atoms with Gasteiger partial charge in [0.05, 0.1) is 6.54 Å². The molecule has 0 aliphatic rings. The molecule has 5 heteroatoms. The Morgan fingerprint density at radius 2 is 2.05 bits per heavy atom. The molecule has 2 rings (SSSR count). The average molecular weight is 288 g/mol. The van der Waals surface area contributed by atoms with Gasteiger partial charge in [0.2, 0.25) is 0 Å². The lowest BCUT2D eigenvalue weighted by molar-refractivity contribution is 0.0955. The molecule has 3 N–H and O–H groups in total. The minimum atomic E-state index is -0.294. The Bertz CT molecular complexity index is 653. The second-order valence-corrected chi connectivity index (χ2v) is 4.89. The first kappa shape index (κ1) is 14.3. The molecule has 0 spiro atoms. The highest BCUT2D eigenvalue weighted by molar-refractivity contribution is 7.12. The summed E-state index contributed by atoms with van der Waals surface area (Å²) < 4.78 is 12.8. The van der Waals surface area contributed by atoms with E-state index in [0.717, 1.165) is 5.56 Å². The van der Waals surface area contributed by atoms with Crippen molar-refractivity contribution in [2.24, 2.45) is 5.73 Å². The number of carbonyl (C=O) groups is 1. The fourth-order valence-corrected chi connectivity index (χ4v) is 2.36. The Labute approximate surface area is 120 Å². The number of thiophene rings is 1. The maximum absolute atomic E-state index is 12.8. The molecule has 0 atom stereocenters. The van der Waals surface area contributed by atoms with Crippen LogP contribution in [0.2, 0.25) is 0 Å². The SMILES string of the molecule is NCC#Cc1ccsc1C(=O)NCc1ccc(F)cc1. The molecule has 0 aliphatic carbocycles. The summed E-state index contributed by atoms with van der Waals surface area (Å²) in [7, 11) is 0. The van der Waals surface area contributed by atoms with Crippen molar-refractivity contribution < 1.29 is 9.18 Å². The number of nitrogens with one attached hydrogen (secondary N) is 1. The second-order valence-electron chi connectivity index (χ2n) is 3.98. The molecular formula is C15H13FN2OS. The minimum Gasteiger partial charge on any atom is -0.347 e. The van der Waals surface area contributed by atoms with Gasteiger partial charge in [-0.2, -0.15) is 0 Å². The van der Waals surface area contributed by atoms with E-state index in [9.17, 15) is 9.18 Å². The fraction of sp³-hybridized carbons (Fsp3) is 0.133. The smallest absolute Gasteiger partial charge is 0.262 e. The molecule has 1 amide bonds. The molecule has 0 radical (unpaired) electrons. The van der Waals surface area contributed by atoms with E-state index < -0.39 is 0 Å². The maximum atomic E-state index is 12.8. The number of halogens is 1. The standard InChI is InChI=1S/C15H13FN2OS/c16-13-5-3-11(4-6-13)10-18-15(19)14-12(2-1-8-17)7-9-20-14/h3-7,9H,8,10,17H2,(H,18,19). The van der Waals surface area contributed by atoms with E-state index in [0.29, 0.717) is 17.0 Å². The first-order valence-electron chi connectivity index (χ1n) is 6.00. The van der Waals surface area contributed by atoms with E-state index in [1.165, 1.54) is 23.5 Å². The zero-order chi connectivity index (χ0) is 14.4. The summed E-state index contributed by atoms with van der Waals surface area (Å²) in [6.45, 7) is 0.604. The number of nitrogens with two attached hydrogens (primary N) is 1. The Morgan fingerprint density at radius 1 is 1.30 bits per heavy atom. The van der Waals surface area contributed by atoms with Crippen LogP contribution in [0.1, 0.15) is 20.8 Å². The van der Waals surface area contributed by atoms with Crippen LogP contribution in [0.25, 0.3) is 0 Å². The van der Waals surface area contributed by atoms with Crippen LogP contribution in [-0.4, -0.2) is 12.5 Å². The Balaban J connectivity index is 2.02. The van der Waals surface area contributed by atoms with Crippen molar-refractivity contribution in [3.63, 3.8) is 0 Å². The van der Waals surface area contributed by atoms with Crippen LogP contribution in [0.4, 0.5) is 4.39 Å². The zero-order valence-electron chi connectivity index (χ0n) is 10.7. The number of rotatable bonds is 3. The molecule has 0 saturated carbocycles. The predicted molar refractivity (Wildman–Crippen MR) is 77.8 cm³/mol. The summed E-state index contributed by atoms with van der Waals surface area (Å²) in [6, 6.07) is 7.80. The molecule has 0 aliphatic heterocycles. The third kappa shape index (κ3) is 3.67. The summed E-state index contributed by atoms with van der Waals surface area (Å²) in [5, 5.41) is 4.60. The lowest BCUT2D eigenvalue weighted by Gasteiger charge is -2.04. The van der Waals surface area contributed by atoms with Gasteiger partial charge in [-0.1, -0.05) is 24.0 Å². The van der Waals surface area contributed by atoms with E-state index >= 15 is 0 Å². The molecule has 0 fully saturated rings. The second kappa shape index (κ2) is 6.85. The molecule has 102 valence electrons. The summed E-state index contributed by atoms with van der Waals surface area (Å²) in [5.74, 6) is 5.11.